The molecule has 0 saturated carbocycles. The van der Waals surface area contributed by atoms with Crippen LogP contribution in [0, 0.1) is 0 Å². The Morgan fingerprint density at radius 1 is 1.00 bits per heavy atom. The molecule has 1 unspecified atom stereocenters. The molecule has 13 heavy (non-hydrogen) atoms. The van der Waals surface area contributed by atoms with E-state index in [1.807, 2.05) is 27.7 Å². The van der Waals surface area contributed by atoms with Crippen LogP contribution in [-0.2, 0) is 13.3 Å². The van der Waals surface area contributed by atoms with Gasteiger partial charge in [0, 0.05) is 19.8 Å². The van der Waals surface area contributed by atoms with Gasteiger partial charge in [-0.3, -0.25) is 0 Å². The van der Waals surface area contributed by atoms with Crippen molar-refractivity contribution in [2.45, 2.75) is 32.1 Å². The molecule has 0 spiro atoms. The zero-order valence-electron chi connectivity index (χ0n) is 8.80. The molecule has 0 fully saturated rings. The second-order valence-corrected chi connectivity index (χ2v) is 7.68. The van der Waals surface area contributed by atoms with Crippen LogP contribution >= 0.6 is 15.9 Å². The lowest BCUT2D eigenvalue weighted by atomic mass is 10.9. The maximum atomic E-state index is 5.62. The Morgan fingerprint density at radius 2 is 1.31 bits per heavy atom. The molecule has 0 aliphatic carbocycles. The van der Waals surface area contributed by atoms with Gasteiger partial charge in [-0.25, -0.2) is 0 Å². The molecule has 0 rings (SSSR count). The topological polar surface area (TPSA) is 27.7 Å². The van der Waals surface area contributed by atoms with E-state index in [0.29, 0.717) is 19.8 Å². The third kappa shape index (κ3) is 4.08. The maximum Gasteiger partial charge on any atom is 0.515 e. The van der Waals surface area contributed by atoms with Crippen molar-refractivity contribution >= 4 is 24.7 Å². The Bertz CT molecular complexity index is 116. The van der Waals surface area contributed by atoms with E-state index in [0.717, 1.165) is 0 Å². The monoisotopic (exact) mass is 270 g/mol. The van der Waals surface area contributed by atoms with Crippen LogP contribution in [0.4, 0.5) is 0 Å². The van der Waals surface area contributed by atoms with Gasteiger partial charge in [0.2, 0.25) is 0 Å². The summed E-state index contributed by atoms with van der Waals surface area (Å²) < 4.78 is 17.0. The standard InChI is InChI=1S/C8H19BrO3Si/c1-5-10-13(8(4)9,11-6-2)12-7-3/h8H,5-7H2,1-4H3. The van der Waals surface area contributed by atoms with Gasteiger partial charge in [0.05, 0.1) is 4.45 Å². The summed E-state index contributed by atoms with van der Waals surface area (Å²) in [6.07, 6.45) is 0. The molecule has 5 heteroatoms. The smallest absolute Gasteiger partial charge is 0.373 e. The summed E-state index contributed by atoms with van der Waals surface area (Å²) in [5.41, 5.74) is 0. The SMILES string of the molecule is CCO[Si](OCC)(OCC)C(C)Br. The second-order valence-electron chi connectivity index (χ2n) is 2.52. The molecule has 0 radical (unpaired) electrons. The largest absolute Gasteiger partial charge is 0.515 e. The fraction of sp³-hybridized carbons (Fsp3) is 1.00. The maximum absolute atomic E-state index is 5.62. The van der Waals surface area contributed by atoms with Crippen molar-refractivity contribution in [1.82, 2.24) is 0 Å². The van der Waals surface area contributed by atoms with Crippen LogP contribution in [0.1, 0.15) is 27.7 Å². The molecule has 0 aromatic carbocycles. The lowest BCUT2D eigenvalue weighted by molar-refractivity contribution is 0.0713. The van der Waals surface area contributed by atoms with Gasteiger partial charge in [-0.2, -0.15) is 0 Å². The lowest BCUT2D eigenvalue weighted by Crippen LogP contribution is -2.53. The summed E-state index contributed by atoms with van der Waals surface area (Å²) in [4.78, 5) is 0. The van der Waals surface area contributed by atoms with Gasteiger partial charge in [0.1, 0.15) is 0 Å². The predicted octanol–water partition coefficient (Wildman–Crippen LogP) is 2.36. The Labute approximate surface area is 90.3 Å². The van der Waals surface area contributed by atoms with Gasteiger partial charge in [-0.15, -0.1) is 0 Å². The number of rotatable bonds is 7. The van der Waals surface area contributed by atoms with Crippen LogP contribution in [0.25, 0.3) is 0 Å². The molecule has 0 aliphatic heterocycles. The molecule has 0 aromatic rings. The first-order chi connectivity index (χ1) is 6.13. The third-order valence-corrected chi connectivity index (χ3v) is 6.25. The zero-order chi connectivity index (χ0) is 10.3. The number of hydrogen-bond acceptors (Lipinski definition) is 3. The molecule has 0 aromatic heterocycles. The van der Waals surface area contributed by atoms with E-state index >= 15 is 0 Å². The van der Waals surface area contributed by atoms with E-state index in [-0.39, 0.29) is 4.45 Å². The fourth-order valence-corrected chi connectivity index (χ4v) is 4.41. The molecule has 0 heterocycles. The van der Waals surface area contributed by atoms with Crippen molar-refractivity contribution in [2.75, 3.05) is 19.8 Å². The first-order valence-corrected chi connectivity index (χ1v) is 7.40. The Kier molecular flexibility index (Phi) is 7.26. The summed E-state index contributed by atoms with van der Waals surface area (Å²) >= 11 is 3.49. The van der Waals surface area contributed by atoms with Crippen LogP contribution in [0.3, 0.4) is 0 Å². The Morgan fingerprint density at radius 3 is 1.46 bits per heavy atom. The summed E-state index contributed by atoms with van der Waals surface area (Å²) in [5.74, 6) is 0. The average molecular weight is 271 g/mol. The van der Waals surface area contributed by atoms with Crippen LogP contribution in [0.5, 0.6) is 0 Å². The molecular weight excluding hydrogens is 252 g/mol. The summed E-state index contributed by atoms with van der Waals surface area (Å²) in [6, 6.07) is 0. The van der Waals surface area contributed by atoms with Gasteiger partial charge in [-0.05, 0) is 27.7 Å². The number of alkyl halides is 1. The zero-order valence-corrected chi connectivity index (χ0v) is 11.4. The first kappa shape index (κ1) is 13.6. The average Bonchev–Trinajstić information content (AvgIpc) is 2.05. The molecule has 0 amide bonds. The van der Waals surface area contributed by atoms with Crippen LogP contribution in [0.2, 0.25) is 0 Å². The number of halogens is 1. The van der Waals surface area contributed by atoms with Gasteiger partial charge in [0.25, 0.3) is 0 Å². The molecule has 0 bridgehead atoms. The summed E-state index contributed by atoms with van der Waals surface area (Å²) in [5, 5.41) is 0. The highest BCUT2D eigenvalue weighted by Gasteiger charge is 2.45. The molecule has 1 atom stereocenters. The van der Waals surface area contributed by atoms with Crippen molar-refractivity contribution in [3.63, 3.8) is 0 Å². The normalized spacial score (nSPS) is 14.5. The molecule has 0 N–H and O–H groups in total. The van der Waals surface area contributed by atoms with Crippen molar-refractivity contribution in [2.24, 2.45) is 0 Å². The minimum Gasteiger partial charge on any atom is -0.373 e. The van der Waals surface area contributed by atoms with Gasteiger partial charge >= 0.3 is 8.80 Å². The van der Waals surface area contributed by atoms with Crippen LogP contribution < -0.4 is 0 Å². The van der Waals surface area contributed by atoms with Gasteiger partial charge in [-0.1, -0.05) is 15.9 Å². The van der Waals surface area contributed by atoms with E-state index in [1.54, 1.807) is 0 Å². The van der Waals surface area contributed by atoms with Gasteiger partial charge < -0.3 is 13.3 Å². The Balaban J connectivity index is 4.38. The molecule has 0 saturated heterocycles. The van der Waals surface area contributed by atoms with Gasteiger partial charge in [0.15, 0.2) is 0 Å². The quantitative estimate of drug-likeness (QED) is 0.525. The minimum atomic E-state index is -2.46. The van der Waals surface area contributed by atoms with E-state index in [9.17, 15) is 0 Å². The summed E-state index contributed by atoms with van der Waals surface area (Å²) in [6.45, 7) is 9.75. The van der Waals surface area contributed by atoms with E-state index in [4.69, 9.17) is 13.3 Å². The Hall–Kier alpha value is 0.577. The molecule has 0 aliphatic rings. The second kappa shape index (κ2) is 6.95. The van der Waals surface area contributed by atoms with Crippen molar-refractivity contribution < 1.29 is 13.3 Å². The van der Waals surface area contributed by atoms with Crippen molar-refractivity contribution in [3.8, 4) is 0 Å². The highest BCUT2D eigenvalue weighted by atomic mass is 79.9. The van der Waals surface area contributed by atoms with E-state index in [1.165, 1.54) is 0 Å². The number of hydrogen-bond donors (Lipinski definition) is 0. The summed E-state index contributed by atoms with van der Waals surface area (Å²) in [7, 11) is -2.46. The highest BCUT2D eigenvalue weighted by Crippen LogP contribution is 2.20. The first-order valence-electron chi connectivity index (χ1n) is 4.68. The van der Waals surface area contributed by atoms with E-state index < -0.39 is 8.80 Å². The van der Waals surface area contributed by atoms with Crippen molar-refractivity contribution in [3.05, 3.63) is 0 Å². The van der Waals surface area contributed by atoms with E-state index in [2.05, 4.69) is 15.9 Å². The van der Waals surface area contributed by atoms with Crippen LogP contribution in [0.15, 0.2) is 0 Å². The lowest BCUT2D eigenvalue weighted by Gasteiger charge is -2.30. The van der Waals surface area contributed by atoms with Crippen molar-refractivity contribution in [1.29, 1.82) is 0 Å². The van der Waals surface area contributed by atoms with Crippen LogP contribution in [-0.4, -0.2) is 33.1 Å². The fourth-order valence-electron chi connectivity index (χ4n) is 1.07. The molecular formula is C8H19BrO3Si. The molecule has 3 nitrogen and oxygen atoms in total. The predicted molar refractivity (Wildman–Crippen MR) is 59.0 cm³/mol. The minimum absolute atomic E-state index is 0.139. The molecule has 80 valence electrons. The third-order valence-electron chi connectivity index (χ3n) is 1.52. The highest BCUT2D eigenvalue weighted by molar-refractivity contribution is 9.10.